The summed E-state index contributed by atoms with van der Waals surface area (Å²) in [7, 11) is 1.71. The Morgan fingerprint density at radius 1 is 1.60 bits per heavy atom. The fourth-order valence-electron chi connectivity index (χ4n) is 1.31. The van der Waals surface area contributed by atoms with E-state index in [0.717, 1.165) is 0 Å². The Hall–Kier alpha value is -1.42. The molecule has 0 fully saturated rings. The minimum Gasteiger partial charge on any atom is -0.394 e. The van der Waals surface area contributed by atoms with E-state index in [2.05, 4.69) is 0 Å². The number of carbonyl (C=O) groups is 1. The maximum absolute atomic E-state index is 13.3. The maximum Gasteiger partial charge on any atom is 0.155 e. The van der Waals surface area contributed by atoms with Gasteiger partial charge in [0, 0.05) is 13.1 Å². The molecule has 1 atom stereocenters. The Bertz CT molecular complexity index is 354. The third-order valence-electron chi connectivity index (χ3n) is 2.45. The average molecular weight is 211 g/mol. The number of hydrogen-bond acceptors (Lipinski definition) is 3. The van der Waals surface area contributed by atoms with Gasteiger partial charge in [-0.25, -0.2) is 4.39 Å². The molecule has 1 unspecified atom stereocenters. The van der Waals surface area contributed by atoms with Crippen LogP contribution in [0, 0.1) is 5.82 Å². The zero-order chi connectivity index (χ0) is 11.4. The zero-order valence-corrected chi connectivity index (χ0v) is 8.77. The molecule has 0 aliphatic heterocycles. The number of aliphatic hydroxyl groups excluding tert-OH is 1. The lowest BCUT2D eigenvalue weighted by molar-refractivity contribution is 0.112. The summed E-state index contributed by atoms with van der Waals surface area (Å²) in [4.78, 5) is 12.4. The molecule has 1 N–H and O–H groups in total. The molecule has 0 spiro atoms. The lowest BCUT2D eigenvalue weighted by Gasteiger charge is -2.26. The van der Waals surface area contributed by atoms with Gasteiger partial charge in [0.25, 0.3) is 0 Å². The first kappa shape index (κ1) is 11.7. The Labute approximate surface area is 88.1 Å². The summed E-state index contributed by atoms with van der Waals surface area (Å²) in [5.74, 6) is -0.542. The van der Waals surface area contributed by atoms with E-state index in [4.69, 9.17) is 5.11 Å². The van der Waals surface area contributed by atoms with E-state index >= 15 is 0 Å². The highest BCUT2D eigenvalue weighted by molar-refractivity contribution is 5.85. The van der Waals surface area contributed by atoms with E-state index in [0.29, 0.717) is 12.0 Å². The zero-order valence-electron chi connectivity index (χ0n) is 8.77. The van der Waals surface area contributed by atoms with Crippen LogP contribution in [0.4, 0.5) is 10.1 Å². The van der Waals surface area contributed by atoms with Crippen LogP contribution in [-0.4, -0.2) is 31.1 Å². The van der Waals surface area contributed by atoms with Crippen LogP contribution in [0.5, 0.6) is 0 Å². The Balaban J connectivity index is 3.13. The normalized spacial score (nSPS) is 12.3. The molecule has 1 rings (SSSR count). The molecular formula is C11H14FNO2. The quantitative estimate of drug-likeness (QED) is 0.766. The largest absolute Gasteiger partial charge is 0.394 e. The van der Waals surface area contributed by atoms with Gasteiger partial charge in [-0.3, -0.25) is 4.79 Å². The molecule has 82 valence electrons. The summed E-state index contributed by atoms with van der Waals surface area (Å²) in [5.41, 5.74) is 0.520. The third-order valence-corrected chi connectivity index (χ3v) is 2.45. The highest BCUT2D eigenvalue weighted by Gasteiger charge is 2.14. The van der Waals surface area contributed by atoms with Crippen molar-refractivity contribution in [3.63, 3.8) is 0 Å². The summed E-state index contributed by atoms with van der Waals surface area (Å²) >= 11 is 0. The smallest absolute Gasteiger partial charge is 0.155 e. The predicted molar refractivity (Wildman–Crippen MR) is 56.7 cm³/mol. The molecular weight excluding hydrogens is 197 g/mol. The van der Waals surface area contributed by atoms with E-state index in [1.54, 1.807) is 24.9 Å². The SMILES string of the molecule is CC(CO)N(C)c1cccc(F)c1C=O. The molecule has 0 aromatic heterocycles. The topological polar surface area (TPSA) is 40.5 Å². The number of rotatable bonds is 4. The van der Waals surface area contributed by atoms with Crippen LogP contribution in [-0.2, 0) is 0 Å². The number of aldehydes is 1. The molecule has 0 aliphatic carbocycles. The molecule has 4 heteroatoms. The van der Waals surface area contributed by atoms with Crippen molar-refractivity contribution in [1.82, 2.24) is 0 Å². The fourth-order valence-corrected chi connectivity index (χ4v) is 1.31. The predicted octanol–water partition coefficient (Wildman–Crippen LogP) is 1.46. The molecule has 0 bridgehead atoms. The van der Waals surface area contributed by atoms with Crippen LogP contribution in [0.1, 0.15) is 17.3 Å². The first-order valence-corrected chi connectivity index (χ1v) is 4.69. The first-order valence-electron chi connectivity index (χ1n) is 4.69. The van der Waals surface area contributed by atoms with Crippen LogP contribution in [0.25, 0.3) is 0 Å². The lowest BCUT2D eigenvalue weighted by atomic mass is 10.1. The summed E-state index contributed by atoms with van der Waals surface area (Å²) in [6.07, 6.45) is 0.491. The molecule has 0 aliphatic rings. The van der Waals surface area contributed by atoms with E-state index in [1.807, 2.05) is 0 Å². The molecule has 0 amide bonds. The number of aliphatic hydroxyl groups is 1. The number of benzene rings is 1. The van der Waals surface area contributed by atoms with Gasteiger partial charge in [-0.05, 0) is 19.1 Å². The van der Waals surface area contributed by atoms with Gasteiger partial charge in [0.1, 0.15) is 5.82 Å². The fraction of sp³-hybridized carbons (Fsp3) is 0.364. The second-order valence-corrected chi connectivity index (χ2v) is 3.43. The highest BCUT2D eigenvalue weighted by atomic mass is 19.1. The van der Waals surface area contributed by atoms with Crippen molar-refractivity contribution < 1.29 is 14.3 Å². The minimum atomic E-state index is -0.542. The summed E-state index contributed by atoms with van der Waals surface area (Å²) in [6.45, 7) is 1.74. The van der Waals surface area contributed by atoms with Gasteiger partial charge in [-0.2, -0.15) is 0 Å². The van der Waals surface area contributed by atoms with Crippen LogP contribution >= 0.6 is 0 Å². The molecule has 0 saturated heterocycles. The van der Waals surface area contributed by atoms with Crippen molar-refractivity contribution in [3.05, 3.63) is 29.6 Å². The van der Waals surface area contributed by atoms with Crippen molar-refractivity contribution in [2.45, 2.75) is 13.0 Å². The van der Waals surface area contributed by atoms with Crippen molar-refractivity contribution >= 4 is 12.0 Å². The Kier molecular flexibility index (Phi) is 3.80. The van der Waals surface area contributed by atoms with E-state index in [9.17, 15) is 9.18 Å². The number of likely N-dealkylation sites (N-methyl/N-ethyl adjacent to an activating group) is 1. The Morgan fingerprint density at radius 3 is 2.80 bits per heavy atom. The number of anilines is 1. The van der Waals surface area contributed by atoms with Gasteiger partial charge in [0.15, 0.2) is 6.29 Å². The van der Waals surface area contributed by atoms with Gasteiger partial charge in [0.05, 0.1) is 17.9 Å². The average Bonchev–Trinajstić information content (AvgIpc) is 2.26. The third kappa shape index (κ3) is 2.33. The van der Waals surface area contributed by atoms with E-state index in [1.165, 1.54) is 12.1 Å². The van der Waals surface area contributed by atoms with Gasteiger partial charge in [-0.1, -0.05) is 6.07 Å². The van der Waals surface area contributed by atoms with E-state index < -0.39 is 5.82 Å². The monoisotopic (exact) mass is 211 g/mol. The molecule has 0 heterocycles. The minimum absolute atomic E-state index is 0.0281. The van der Waals surface area contributed by atoms with Crippen molar-refractivity contribution in [2.24, 2.45) is 0 Å². The van der Waals surface area contributed by atoms with Crippen molar-refractivity contribution in [3.8, 4) is 0 Å². The van der Waals surface area contributed by atoms with Crippen LogP contribution in [0.3, 0.4) is 0 Å². The summed E-state index contributed by atoms with van der Waals surface area (Å²) in [6, 6.07) is 4.27. The van der Waals surface area contributed by atoms with Crippen LogP contribution in [0.15, 0.2) is 18.2 Å². The Morgan fingerprint density at radius 2 is 2.27 bits per heavy atom. The molecule has 15 heavy (non-hydrogen) atoms. The molecule has 3 nitrogen and oxygen atoms in total. The van der Waals surface area contributed by atoms with Crippen molar-refractivity contribution in [2.75, 3.05) is 18.6 Å². The molecule has 0 radical (unpaired) electrons. The number of carbonyl (C=O) groups excluding carboxylic acids is 1. The summed E-state index contributed by atoms with van der Waals surface area (Å²) < 4.78 is 13.3. The molecule has 0 saturated carbocycles. The van der Waals surface area contributed by atoms with Gasteiger partial charge < -0.3 is 10.0 Å². The van der Waals surface area contributed by atoms with E-state index in [-0.39, 0.29) is 18.2 Å². The summed E-state index contributed by atoms with van der Waals surface area (Å²) in [5, 5.41) is 8.98. The second kappa shape index (κ2) is 4.89. The lowest BCUT2D eigenvalue weighted by Crippen LogP contribution is -2.32. The molecule has 1 aromatic carbocycles. The number of halogens is 1. The number of nitrogens with zero attached hydrogens (tertiary/aromatic N) is 1. The maximum atomic E-state index is 13.3. The van der Waals surface area contributed by atoms with Crippen LogP contribution in [0.2, 0.25) is 0 Å². The second-order valence-electron chi connectivity index (χ2n) is 3.43. The van der Waals surface area contributed by atoms with Crippen LogP contribution < -0.4 is 4.90 Å². The molecule has 1 aromatic rings. The van der Waals surface area contributed by atoms with Crippen molar-refractivity contribution in [1.29, 1.82) is 0 Å². The van der Waals surface area contributed by atoms with Gasteiger partial charge in [-0.15, -0.1) is 0 Å². The number of hydrogen-bond donors (Lipinski definition) is 1. The van der Waals surface area contributed by atoms with Gasteiger partial charge in [0.2, 0.25) is 0 Å². The highest BCUT2D eigenvalue weighted by Crippen LogP contribution is 2.21. The first-order chi connectivity index (χ1) is 7.11. The van der Waals surface area contributed by atoms with Gasteiger partial charge >= 0.3 is 0 Å². The standard InChI is InChI=1S/C11H14FNO2/c1-8(6-14)13(2)11-5-3-4-10(12)9(11)7-15/h3-5,7-8,14H,6H2,1-2H3.